The van der Waals surface area contributed by atoms with Crippen molar-refractivity contribution in [2.45, 2.75) is 22.8 Å². The summed E-state index contributed by atoms with van der Waals surface area (Å²) in [7, 11) is -4.07. The van der Waals surface area contributed by atoms with Crippen LogP contribution in [0, 0.1) is 16.7 Å². The van der Waals surface area contributed by atoms with Crippen LogP contribution in [0.1, 0.15) is 21.8 Å². The van der Waals surface area contributed by atoms with Gasteiger partial charge in [-0.2, -0.15) is 13.2 Å². The lowest BCUT2D eigenvalue weighted by Crippen LogP contribution is -2.37. The molecule has 0 aliphatic rings. The van der Waals surface area contributed by atoms with Gasteiger partial charge in [0.2, 0.25) is 0 Å². The predicted octanol–water partition coefficient (Wildman–Crippen LogP) is 5.21. The monoisotopic (exact) mass is 530 g/mol. The number of fused-ring (bicyclic) bond motifs is 1. The smallest absolute Gasteiger partial charge is 0.342 e. The number of nitrogens with one attached hydrogen (secondary N) is 2. The molecule has 2 aromatic heterocycles. The molecule has 1 atom stereocenters. The zero-order chi connectivity index (χ0) is 25.9. The van der Waals surface area contributed by atoms with Crippen molar-refractivity contribution in [1.29, 1.82) is 0 Å². The number of aromatic amines is 1. The maximum atomic E-state index is 13.0. The summed E-state index contributed by atoms with van der Waals surface area (Å²) in [5.41, 5.74) is 0.796. The fraction of sp³-hybridized carbons (Fsp3) is 0.125. The Bertz CT molecular complexity index is 1560. The number of imidazole rings is 1. The number of para-hydroxylation sites is 2. The largest absolute Gasteiger partial charge is 0.416 e. The molecule has 36 heavy (non-hydrogen) atoms. The molecule has 0 amide bonds. The fourth-order valence-electron chi connectivity index (χ4n) is 3.24. The zero-order valence-electron chi connectivity index (χ0n) is 18.3. The van der Waals surface area contributed by atoms with E-state index in [0.717, 1.165) is 29.0 Å². The van der Waals surface area contributed by atoms with Crippen molar-refractivity contribution in [3.63, 3.8) is 0 Å². The molecule has 4 aromatic rings. The van der Waals surface area contributed by atoms with Crippen LogP contribution >= 0.6 is 11.3 Å². The number of nitrogens with zero attached hydrogens (tertiary/aromatic N) is 2. The Hall–Kier alpha value is -3.79. The van der Waals surface area contributed by atoms with Gasteiger partial charge in [-0.15, -0.1) is 16.2 Å². The SMILES string of the molecule is C=C(N=O)[C@@H](Cc1nc2ccccc2[nH]1)NS(=O)(=O)c1ccc(C#Cc2ccc(C(F)(F)F)cc2)s1. The molecular weight excluding hydrogens is 513 g/mol. The molecule has 0 aliphatic heterocycles. The summed E-state index contributed by atoms with van der Waals surface area (Å²) in [5, 5.41) is 2.80. The Morgan fingerprint density at radius 1 is 1.11 bits per heavy atom. The number of alkyl halides is 3. The van der Waals surface area contributed by atoms with Gasteiger partial charge in [-0.1, -0.05) is 30.6 Å². The molecule has 0 aliphatic carbocycles. The maximum Gasteiger partial charge on any atom is 0.416 e. The number of halogens is 3. The number of benzene rings is 2. The Labute approximate surface area is 208 Å². The molecule has 0 saturated carbocycles. The number of hydrogen-bond donors (Lipinski definition) is 2. The van der Waals surface area contributed by atoms with E-state index in [1.165, 1.54) is 24.3 Å². The number of H-pyrrole nitrogens is 1. The van der Waals surface area contributed by atoms with Gasteiger partial charge in [0.25, 0.3) is 10.0 Å². The number of nitroso groups, excluding NO2 is 1. The van der Waals surface area contributed by atoms with Crippen LogP contribution in [-0.2, 0) is 22.6 Å². The van der Waals surface area contributed by atoms with Crippen molar-refractivity contribution in [3.05, 3.63) is 99.7 Å². The number of thiophene rings is 1. The summed E-state index contributed by atoms with van der Waals surface area (Å²) in [6.45, 7) is 3.55. The highest BCUT2D eigenvalue weighted by molar-refractivity contribution is 7.91. The van der Waals surface area contributed by atoms with Gasteiger partial charge < -0.3 is 4.98 Å². The third-order valence-electron chi connectivity index (χ3n) is 5.04. The number of rotatable bonds is 7. The van der Waals surface area contributed by atoms with Crippen LogP contribution in [0.25, 0.3) is 11.0 Å². The highest BCUT2D eigenvalue weighted by Crippen LogP contribution is 2.29. The summed E-state index contributed by atoms with van der Waals surface area (Å²) >= 11 is 0.872. The van der Waals surface area contributed by atoms with Crippen molar-refractivity contribution in [1.82, 2.24) is 14.7 Å². The lowest BCUT2D eigenvalue weighted by molar-refractivity contribution is -0.137. The van der Waals surface area contributed by atoms with E-state index < -0.39 is 27.8 Å². The molecule has 0 saturated heterocycles. The van der Waals surface area contributed by atoms with Crippen LogP contribution in [0.15, 0.2) is 82.3 Å². The van der Waals surface area contributed by atoms with Crippen molar-refractivity contribution < 1.29 is 21.6 Å². The molecule has 0 radical (unpaired) electrons. The molecule has 184 valence electrons. The first-order valence-corrected chi connectivity index (χ1v) is 12.6. The lowest BCUT2D eigenvalue weighted by Gasteiger charge is -2.15. The van der Waals surface area contributed by atoms with Crippen molar-refractivity contribution in [2.24, 2.45) is 5.18 Å². The van der Waals surface area contributed by atoms with Crippen LogP contribution in [0.2, 0.25) is 0 Å². The first-order valence-electron chi connectivity index (χ1n) is 10.3. The summed E-state index contributed by atoms with van der Waals surface area (Å²) in [4.78, 5) is 19.0. The first-order chi connectivity index (χ1) is 17.0. The lowest BCUT2D eigenvalue weighted by atomic mass is 10.1. The second kappa shape index (κ2) is 10.1. The minimum Gasteiger partial charge on any atom is -0.342 e. The van der Waals surface area contributed by atoms with Gasteiger partial charge in [0.05, 0.1) is 33.2 Å². The average molecular weight is 531 g/mol. The van der Waals surface area contributed by atoms with E-state index >= 15 is 0 Å². The Balaban J connectivity index is 1.50. The van der Waals surface area contributed by atoms with Gasteiger partial charge in [0.1, 0.15) is 10.0 Å². The van der Waals surface area contributed by atoms with E-state index in [1.54, 1.807) is 6.07 Å². The molecule has 4 rings (SSSR count). The standard InChI is InChI=1S/C24H17F3N4O3S2/c1-15(30-32)21(14-22-28-19-4-2-3-5-20(19)29-22)31-36(33,34)23-13-12-18(35-23)11-8-16-6-9-17(10-7-16)24(25,26)27/h2-7,9-10,12-13,21,31H,1,14H2,(H,28,29)/t21-/m1/s1. The van der Waals surface area contributed by atoms with Crippen LogP contribution < -0.4 is 4.72 Å². The van der Waals surface area contributed by atoms with Crippen molar-refractivity contribution >= 4 is 32.4 Å². The molecular formula is C24H17F3N4O3S2. The van der Waals surface area contributed by atoms with Gasteiger partial charge in [-0.25, -0.2) is 18.1 Å². The molecule has 2 aromatic carbocycles. The molecule has 7 nitrogen and oxygen atoms in total. The van der Waals surface area contributed by atoms with Gasteiger partial charge >= 0.3 is 6.18 Å². The predicted molar refractivity (Wildman–Crippen MR) is 131 cm³/mol. The molecule has 12 heteroatoms. The van der Waals surface area contributed by atoms with E-state index in [-0.39, 0.29) is 16.3 Å². The number of sulfonamides is 1. The molecule has 0 spiro atoms. The van der Waals surface area contributed by atoms with Crippen LogP contribution in [0.3, 0.4) is 0 Å². The average Bonchev–Trinajstić information content (AvgIpc) is 3.48. The topological polar surface area (TPSA) is 104 Å². The summed E-state index contributed by atoms with van der Waals surface area (Å²) in [5.74, 6) is 5.91. The normalized spacial score (nSPS) is 12.6. The van der Waals surface area contributed by atoms with Crippen LogP contribution in [-0.4, -0.2) is 24.4 Å². The first kappa shape index (κ1) is 25.3. The van der Waals surface area contributed by atoms with Crippen molar-refractivity contribution in [3.8, 4) is 11.8 Å². The zero-order valence-corrected chi connectivity index (χ0v) is 20.0. The highest BCUT2D eigenvalue weighted by atomic mass is 32.2. The van der Waals surface area contributed by atoms with E-state index in [0.29, 0.717) is 21.8 Å². The van der Waals surface area contributed by atoms with Gasteiger partial charge in [-0.3, -0.25) is 0 Å². The summed E-state index contributed by atoms with van der Waals surface area (Å²) in [6.07, 6.45) is -4.42. The van der Waals surface area contributed by atoms with Crippen molar-refractivity contribution in [2.75, 3.05) is 0 Å². The minimum atomic E-state index is -4.44. The van der Waals surface area contributed by atoms with Gasteiger partial charge in [-0.05, 0) is 53.7 Å². The molecule has 2 N–H and O–H groups in total. The summed E-state index contributed by atoms with van der Waals surface area (Å²) in [6, 6.07) is 13.4. The highest BCUT2D eigenvalue weighted by Gasteiger charge is 2.30. The maximum absolute atomic E-state index is 13.0. The molecule has 0 unspecified atom stereocenters. The van der Waals surface area contributed by atoms with E-state index in [2.05, 4.69) is 38.3 Å². The third kappa shape index (κ3) is 5.88. The molecule has 0 fully saturated rings. The Morgan fingerprint density at radius 3 is 2.50 bits per heavy atom. The third-order valence-corrected chi connectivity index (χ3v) is 8.01. The van der Waals surface area contributed by atoms with Crippen LogP contribution in [0.4, 0.5) is 13.2 Å². The number of aromatic nitrogens is 2. The van der Waals surface area contributed by atoms with E-state index in [4.69, 9.17) is 0 Å². The van der Waals surface area contributed by atoms with Gasteiger partial charge in [0, 0.05) is 12.0 Å². The summed E-state index contributed by atoms with van der Waals surface area (Å²) < 4.78 is 66.4. The second-order valence-corrected chi connectivity index (χ2v) is 10.6. The fourth-order valence-corrected chi connectivity index (χ4v) is 5.64. The number of hydrogen-bond acceptors (Lipinski definition) is 6. The van der Waals surface area contributed by atoms with Gasteiger partial charge in [0.15, 0.2) is 0 Å². The second-order valence-electron chi connectivity index (χ2n) is 7.61. The van der Waals surface area contributed by atoms with E-state index in [1.807, 2.05) is 18.2 Å². The van der Waals surface area contributed by atoms with E-state index in [9.17, 15) is 26.5 Å². The van der Waals surface area contributed by atoms with Crippen LogP contribution in [0.5, 0.6) is 0 Å². The quantitative estimate of drug-likeness (QED) is 0.253. The molecule has 0 bridgehead atoms. The minimum absolute atomic E-state index is 0.0183. The Kier molecular flexibility index (Phi) is 7.07. The molecule has 2 heterocycles. The Morgan fingerprint density at radius 2 is 1.83 bits per heavy atom.